The Kier molecular flexibility index (Phi) is 3.91. The molecule has 0 spiro atoms. The van der Waals surface area contributed by atoms with Crippen molar-refractivity contribution < 1.29 is 4.42 Å². The lowest BCUT2D eigenvalue weighted by atomic mass is 10.2. The molecule has 28 heavy (non-hydrogen) atoms. The van der Waals surface area contributed by atoms with Crippen molar-refractivity contribution >= 4 is 33.4 Å². The van der Waals surface area contributed by atoms with E-state index in [1.807, 2.05) is 47.8 Å². The minimum absolute atomic E-state index is 0.0186. The fourth-order valence-corrected chi connectivity index (χ4v) is 4.01. The molecule has 2 aromatic carbocycles. The number of fused-ring (bicyclic) bond motifs is 2. The fraction of sp³-hybridized carbons (Fsp3) is 0.0455. The number of thiophene rings is 1. The van der Waals surface area contributed by atoms with Gasteiger partial charge in [0.1, 0.15) is 5.58 Å². The Hall–Kier alpha value is -3.51. The highest BCUT2D eigenvalue weighted by Gasteiger charge is 2.19. The summed E-state index contributed by atoms with van der Waals surface area (Å²) in [4.78, 5) is 31.8. The first-order chi connectivity index (χ1) is 13.7. The molecule has 136 valence electrons. The van der Waals surface area contributed by atoms with Crippen molar-refractivity contribution in [3.05, 3.63) is 98.3 Å². The zero-order chi connectivity index (χ0) is 19.1. The second-order valence-electron chi connectivity index (χ2n) is 6.40. The van der Waals surface area contributed by atoms with Gasteiger partial charge in [-0.15, -0.1) is 11.3 Å². The third kappa shape index (κ3) is 2.66. The third-order valence-electron chi connectivity index (χ3n) is 4.63. The highest BCUT2D eigenvalue weighted by molar-refractivity contribution is 7.13. The normalized spacial score (nSPS) is 11.3. The van der Waals surface area contributed by atoms with Gasteiger partial charge >= 0.3 is 0 Å². The summed E-state index contributed by atoms with van der Waals surface area (Å²) >= 11 is 1.48. The van der Waals surface area contributed by atoms with Crippen LogP contribution in [0.4, 0.5) is 0 Å². The molecule has 0 unspecified atom stereocenters. The Morgan fingerprint density at radius 1 is 0.929 bits per heavy atom. The molecule has 5 aromatic rings. The standard InChI is InChI=1S/C22H14N2O3S/c25-19-15-9-4-5-10-16(15)27-21-18(19)22(26)24(13-14-7-2-1-3-8-14)20(23-21)17-11-6-12-28-17/h1-12H,13H2. The number of rotatable bonds is 3. The van der Waals surface area contributed by atoms with Crippen molar-refractivity contribution in [1.82, 2.24) is 9.55 Å². The number of benzene rings is 2. The first-order valence-electron chi connectivity index (χ1n) is 8.76. The van der Waals surface area contributed by atoms with E-state index in [4.69, 9.17) is 4.42 Å². The Morgan fingerprint density at radius 2 is 1.71 bits per heavy atom. The van der Waals surface area contributed by atoms with Crippen LogP contribution in [0.25, 0.3) is 32.8 Å². The van der Waals surface area contributed by atoms with E-state index in [2.05, 4.69) is 4.98 Å². The van der Waals surface area contributed by atoms with E-state index in [9.17, 15) is 9.59 Å². The summed E-state index contributed by atoms with van der Waals surface area (Å²) in [5.41, 5.74) is 0.700. The summed E-state index contributed by atoms with van der Waals surface area (Å²) in [6.45, 7) is 0.322. The van der Waals surface area contributed by atoms with E-state index in [1.54, 1.807) is 28.8 Å². The van der Waals surface area contributed by atoms with Crippen LogP contribution in [0.1, 0.15) is 5.56 Å². The highest BCUT2D eigenvalue weighted by atomic mass is 32.1. The van der Waals surface area contributed by atoms with Crippen LogP contribution in [-0.4, -0.2) is 9.55 Å². The molecule has 0 atom stereocenters. The number of para-hydroxylation sites is 1. The zero-order valence-electron chi connectivity index (χ0n) is 14.7. The molecule has 0 aliphatic rings. The van der Waals surface area contributed by atoms with Gasteiger partial charge in [0.05, 0.1) is 16.8 Å². The molecule has 0 aliphatic heterocycles. The number of hydrogen-bond donors (Lipinski definition) is 0. The lowest BCUT2D eigenvalue weighted by Crippen LogP contribution is -2.27. The Labute approximate surface area is 163 Å². The maximum atomic E-state index is 13.4. The van der Waals surface area contributed by atoms with Gasteiger partial charge in [0, 0.05) is 0 Å². The summed E-state index contributed by atoms with van der Waals surface area (Å²) < 4.78 is 7.38. The molecule has 0 radical (unpaired) electrons. The van der Waals surface area contributed by atoms with Gasteiger partial charge in [0.2, 0.25) is 11.1 Å². The van der Waals surface area contributed by atoms with Gasteiger partial charge in [0.25, 0.3) is 5.56 Å². The van der Waals surface area contributed by atoms with Gasteiger partial charge in [-0.2, -0.15) is 4.98 Å². The van der Waals surface area contributed by atoms with Crippen molar-refractivity contribution in [3.63, 3.8) is 0 Å². The molecule has 0 saturated carbocycles. The van der Waals surface area contributed by atoms with Gasteiger partial charge in [-0.3, -0.25) is 14.2 Å². The maximum Gasteiger partial charge on any atom is 0.269 e. The van der Waals surface area contributed by atoms with E-state index in [0.29, 0.717) is 23.3 Å². The predicted molar refractivity (Wildman–Crippen MR) is 111 cm³/mol. The quantitative estimate of drug-likeness (QED) is 0.434. The van der Waals surface area contributed by atoms with Crippen LogP contribution in [0.5, 0.6) is 0 Å². The van der Waals surface area contributed by atoms with E-state index in [0.717, 1.165) is 10.4 Å². The molecule has 3 heterocycles. The Morgan fingerprint density at radius 3 is 2.50 bits per heavy atom. The molecule has 0 N–H and O–H groups in total. The molecule has 5 nitrogen and oxygen atoms in total. The molecule has 0 aliphatic carbocycles. The molecule has 0 saturated heterocycles. The monoisotopic (exact) mass is 386 g/mol. The SMILES string of the molecule is O=c1c2ccccc2oc2nc(-c3cccs3)n(Cc3ccccc3)c(=O)c12. The first-order valence-corrected chi connectivity index (χ1v) is 9.64. The zero-order valence-corrected chi connectivity index (χ0v) is 15.5. The number of hydrogen-bond acceptors (Lipinski definition) is 5. The maximum absolute atomic E-state index is 13.4. The van der Waals surface area contributed by atoms with E-state index in [1.165, 1.54) is 11.3 Å². The third-order valence-corrected chi connectivity index (χ3v) is 5.49. The smallest absolute Gasteiger partial charge is 0.269 e. The number of aromatic nitrogens is 2. The largest absolute Gasteiger partial charge is 0.437 e. The van der Waals surface area contributed by atoms with E-state index in [-0.39, 0.29) is 16.5 Å². The van der Waals surface area contributed by atoms with Gasteiger partial charge in [-0.25, -0.2) is 0 Å². The summed E-state index contributed by atoms with van der Waals surface area (Å²) in [6, 6.07) is 20.4. The minimum Gasteiger partial charge on any atom is -0.437 e. The molecule has 6 heteroatoms. The van der Waals surface area contributed by atoms with Gasteiger partial charge < -0.3 is 4.42 Å². The second kappa shape index (κ2) is 6.58. The van der Waals surface area contributed by atoms with Gasteiger partial charge in [0.15, 0.2) is 11.2 Å². The predicted octanol–water partition coefficient (Wildman–Crippen LogP) is 4.28. The van der Waals surface area contributed by atoms with Crippen LogP contribution in [-0.2, 0) is 6.54 Å². The molecule has 5 rings (SSSR count). The van der Waals surface area contributed by atoms with Crippen molar-refractivity contribution in [3.8, 4) is 10.7 Å². The molecule has 0 amide bonds. The second-order valence-corrected chi connectivity index (χ2v) is 7.34. The Balaban J connectivity index is 1.88. The fourth-order valence-electron chi connectivity index (χ4n) is 3.29. The lowest BCUT2D eigenvalue weighted by Gasteiger charge is -2.12. The molecular formula is C22H14N2O3S. The summed E-state index contributed by atoms with van der Waals surface area (Å²) in [6.07, 6.45) is 0. The van der Waals surface area contributed by atoms with E-state index >= 15 is 0 Å². The minimum atomic E-state index is -0.392. The van der Waals surface area contributed by atoms with Gasteiger partial charge in [-0.05, 0) is 29.1 Å². The average Bonchev–Trinajstić information content (AvgIpc) is 3.25. The average molecular weight is 386 g/mol. The summed E-state index contributed by atoms with van der Waals surface area (Å²) in [7, 11) is 0. The molecular weight excluding hydrogens is 372 g/mol. The molecule has 3 aromatic heterocycles. The van der Waals surface area contributed by atoms with Crippen LogP contribution < -0.4 is 11.0 Å². The van der Waals surface area contributed by atoms with Crippen LogP contribution in [0.3, 0.4) is 0 Å². The van der Waals surface area contributed by atoms with Gasteiger partial charge in [-0.1, -0.05) is 48.5 Å². The lowest BCUT2D eigenvalue weighted by molar-refractivity contribution is 0.635. The highest BCUT2D eigenvalue weighted by Crippen LogP contribution is 2.25. The molecule has 0 fully saturated rings. The van der Waals surface area contributed by atoms with Crippen molar-refractivity contribution in [2.45, 2.75) is 6.54 Å². The summed E-state index contributed by atoms with van der Waals surface area (Å²) in [5.74, 6) is 0.495. The Bertz CT molecular complexity index is 1420. The summed E-state index contributed by atoms with van der Waals surface area (Å²) in [5, 5.41) is 2.29. The van der Waals surface area contributed by atoms with Crippen LogP contribution in [0, 0.1) is 0 Å². The van der Waals surface area contributed by atoms with Crippen LogP contribution in [0.2, 0.25) is 0 Å². The van der Waals surface area contributed by atoms with Crippen LogP contribution >= 0.6 is 11.3 Å². The number of nitrogens with zero attached hydrogens (tertiary/aromatic N) is 2. The first kappa shape index (κ1) is 16.6. The topological polar surface area (TPSA) is 65.1 Å². The van der Waals surface area contributed by atoms with Crippen molar-refractivity contribution in [2.24, 2.45) is 0 Å². The molecule has 0 bridgehead atoms. The van der Waals surface area contributed by atoms with Crippen LogP contribution in [0.15, 0.2) is 86.1 Å². The van der Waals surface area contributed by atoms with E-state index < -0.39 is 5.56 Å². The van der Waals surface area contributed by atoms with Crippen molar-refractivity contribution in [2.75, 3.05) is 0 Å². The van der Waals surface area contributed by atoms with Crippen molar-refractivity contribution in [1.29, 1.82) is 0 Å².